The van der Waals surface area contributed by atoms with Crippen LogP contribution in [0.25, 0.3) is 22.3 Å². The fraction of sp³-hybridized carbons (Fsp3) is 0.103. The number of furan rings is 1. The molecule has 0 aliphatic rings. The zero-order valence-corrected chi connectivity index (χ0v) is 19.1. The lowest BCUT2D eigenvalue weighted by atomic mass is 10.0. The summed E-state index contributed by atoms with van der Waals surface area (Å²) >= 11 is 0. The van der Waals surface area contributed by atoms with E-state index >= 15 is 0 Å². The summed E-state index contributed by atoms with van der Waals surface area (Å²) in [5.74, 6) is 0.839. The van der Waals surface area contributed by atoms with Gasteiger partial charge in [0.15, 0.2) is 11.0 Å². The van der Waals surface area contributed by atoms with E-state index in [0.29, 0.717) is 35.6 Å². The van der Waals surface area contributed by atoms with Crippen LogP contribution in [0.2, 0.25) is 0 Å². The van der Waals surface area contributed by atoms with Gasteiger partial charge in [-0.3, -0.25) is 9.59 Å². The molecule has 3 aromatic carbocycles. The number of ether oxygens (including phenoxy) is 1. The molecule has 0 fully saturated rings. The maximum atomic E-state index is 13.2. The smallest absolute Gasteiger partial charge is 0.259 e. The van der Waals surface area contributed by atoms with Crippen LogP contribution in [0.5, 0.6) is 0 Å². The Morgan fingerprint density at radius 3 is 2.54 bits per heavy atom. The Balaban J connectivity index is 1.41. The average molecular weight is 466 g/mol. The molecule has 174 valence electrons. The van der Waals surface area contributed by atoms with Crippen LogP contribution in [0.4, 0.5) is 5.69 Å². The molecule has 1 N–H and O–H groups in total. The first-order valence-corrected chi connectivity index (χ1v) is 11.2. The minimum absolute atomic E-state index is 0.157. The van der Waals surface area contributed by atoms with Crippen molar-refractivity contribution in [1.82, 2.24) is 0 Å². The predicted octanol–water partition coefficient (Wildman–Crippen LogP) is 6.33. The molecule has 5 aromatic rings. The number of carbonyl (C=O) groups is 1. The van der Waals surface area contributed by atoms with Crippen molar-refractivity contribution in [3.05, 3.63) is 124 Å². The van der Waals surface area contributed by atoms with E-state index in [4.69, 9.17) is 13.6 Å². The van der Waals surface area contributed by atoms with Crippen molar-refractivity contribution in [2.75, 3.05) is 5.32 Å². The molecular formula is C29H23NO5. The van der Waals surface area contributed by atoms with Crippen molar-refractivity contribution in [1.29, 1.82) is 0 Å². The first kappa shape index (κ1) is 22.4. The van der Waals surface area contributed by atoms with Crippen molar-refractivity contribution in [2.24, 2.45) is 0 Å². The van der Waals surface area contributed by atoms with Gasteiger partial charge in [0.1, 0.15) is 18.1 Å². The van der Waals surface area contributed by atoms with Crippen molar-refractivity contribution < 1.29 is 18.4 Å². The van der Waals surface area contributed by atoms with Gasteiger partial charge in [0, 0.05) is 16.8 Å². The second-order valence-corrected chi connectivity index (χ2v) is 8.16. The lowest BCUT2D eigenvalue weighted by Gasteiger charge is -2.11. The first-order chi connectivity index (χ1) is 17.1. The molecule has 0 atom stereocenters. The molecule has 5 rings (SSSR count). The molecule has 0 aliphatic heterocycles. The number of rotatable bonds is 7. The summed E-state index contributed by atoms with van der Waals surface area (Å²) in [6.07, 6.45) is 1.61. The van der Waals surface area contributed by atoms with Crippen LogP contribution in [-0.4, -0.2) is 5.91 Å². The van der Waals surface area contributed by atoms with Crippen LogP contribution in [0, 0.1) is 6.92 Å². The molecule has 0 bridgehead atoms. The normalized spacial score (nSPS) is 11.0. The fourth-order valence-electron chi connectivity index (χ4n) is 3.95. The number of carbonyl (C=O) groups excluding carboxylic acids is 1. The zero-order chi connectivity index (χ0) is 24.2. The van der Waals surface area contributed by atoms with Gasteiger partial charge in [-0.25, -0.2) is 0 Å². The van der Waals surface area contributed by atoms with Crippen LogP contribution in [-0.2, 0) is 18.0 Å². The molecule has 0 radical (unpaired) electrons. The number of fused-ring (bicyclic) bond motifs is 1. The Labute approximate surface area is 201 Å². The Hall–Kier alpha value is -4.42. The summed E-state index contributed by atoms with van der Waals surface area (Å²) in [6.45, 7) is 2.47. The number of anilines is 1. The van der Waals surface area contributed by atoms with Crippen molar-refractivity contribution in [2.45, 2.75) is 20.1 Å². The summed E-state index contributed by atoms with van der Waals surface area (Å²) in [4.78, 5) is 26.3. The Morgan fingerprint density at radius 2 is 1.74 bits per heavy atom. The molecule has 2 heterocycles. The predicted molar refractivity (Wildman–Crippen MR) is 134 cm³/mol. The Kier molecular flexibility index (Phi) is 6.28. The molecule has 0 saturated heterocycles. The molecule has 0 saturated carbocycles. The molecule has 6 heteroatoms. The van der Waals surface area contributed by atoms with E-state index in [2.05, 4.69) is 5.32 Å². The largest absolute Gasteiger partial charge is 0.467 e. The molecule has 2 aromatic heterocycles. The highest BCUT2D eigenvalue weighted by molar-refractivity contribution is 6.11. The van der Waals surface area contributed by atoms with Gasteiger partial charge in [-0.1, -0.05) is 48.5 Å². The molecule has 1 amide bonds. The summed E-state index contributed by atoms with van der Waals surface area (Å²) in [6, 6.07) is 25.5. The molecule has 0 spiro atoms. The highest BCUT2D eigenvalue weighted by atomic mass is 16.5. The Morgan fingerprint density at radius 1 is 0.914 bits per heavy atom. The number of benzene rings is 3. The second kappa shape index (κ2) is 9.83. The lowest BCUT2D eigenvalue weighted by molar-refractivity contribution is 0.0929. The monoisotopic (exact) mass is 465 g/mol. The summed E-state index contributed by atoms with van der Waals surface area (Å²) < 4.78 is 17.1. The van der Waals surface area contributed by atoms with E-state index in [0.717, 1.165) is 16.9 Å². The Bertz CT molecular complexity index is 1540. The van der Waals surface area contributed by atoms with E-state index < -0.39 is 0 Å². The standard InChI is InChI=1S/C29H23NO5/c1-19-26(31)24-13-6-14-25(28(24)35-27(19)21-9-3-2-4-10-21)29(32)30-22-11-5-8-20(16-22)17-33-18-23-12-7-15-34-23/h2-16H,17-18H2,1H3,(H,30,32). The molecule has 0 aliphatic carbocycles. The van der Waals surface area contributed by atoms with Crippen LogP contribution >= 0.6 is 0 Å². The summed E-state index contributed by atoms with van der Waals surface area (Å²) in [7, 11) is 0. The van der Waals surface area contributed by atoms with Gasteiger partial charge < -0.3 is 18.9 Å². The molecule has 0 unspecified atom stereocenters. The van der Waals surface area contributed by atoms with Crippen LogP contribution < -0.4 is 10.7 Å². The number of amides is 1. The van der Waals surface area contributed by atoms with Gasteiger partial charge in [0.25, 0.3) is 5.91 Å². The first-order valence-electron chi connectivity index (χ1n) is 11.2. The zero-order valence-electron chi connectivity index (χ0n) is 19.1. The number of hydrogen-bond acceptors (Lipinski definition) is 5. The highest BCUT2D eigenvalue weighted by Gasteiger charge is 2.18. The van der Waals surface area contributed by atoms with Crippen LogP contribution in [0.15, 0.2) is 105 Å². The van der Waals surface area contributed by atoms with E-state index in [-0.39, 0.29) is 22.5 Å². The van der Waals surface area contributed by atoms with E-state index in [1.54, 1.807) is 37.5 Å². The molecule has 35 heavy (non-hydrogen) atoms. The van der Waals surface area contributed by atoms with Gasteiger partial charge in [0.05, 0.1) is 23.8 Å². The van der Waals surface area contributed by atoms with Gasteiger partial charge >= 0.3 is 0 Å². The SMILES string of the molecule is Cc1c(-c2ccccc2)oc2c(C(=O)Nc3cccc(COCc4ccco4)c3)cccc2c1=O. The van der Waals surface area contributed by atoms with Crippen molar-refractivity contribution in [3.63, 3.8) is 0 Å². The molecule has 6 nitrogen and oxygen atoms in total. The van der Waals surface area contributed by atoms with Crippen molar-refractivity contribution >= 4 is 22.6 Å². The number of hydrogen-bond donors (Lipinski definition) is 1. The maximum Gasteiger partial charge on any atom is 0.259 e. The van der Waals surface area contributed by atoms with Gasteiger partial charge in [-0.05, 0) is 48.9 Å². The minimum atomic E-state index is -0.365. The van der Waals surface area contributed by atoms with E-state index in [9.17, 15) is 9.59 Å². The third-order valence-corrected chi connectivity index (χ3v) is 5.70. The minimum Gasteiger partial charge on any atom is -0.467 e. The maximum absolute atomic E-state index is 13.2. The van der Waals surface area contributed by atoms with Gasteiger partial charge in [-0.15, -0.1) is 0 Å². The fourth-order valence-corrected chi connectivity index (χ4v) is 3.95. The topological polar surface area (TPSA) is 81.7 Å². The van der Waals surface area contributed by atoms with Crippen LogP contribution in [0.1, 0.15) is 27.2 Å². The quantitative estimate of drug-likeness (QED) is 0.304. The summed E-state index contributed by atoms with van der Waals surface area (Å²) in [5.41, 5.74) is 3.19. The highest BCUT2D eigenvalue weighted by Crippen LogP contribution is 2.27. The van der Waals surface area contributed by atoms with Gasteiger partial charge in [0.2, 0.25) is 0 Å². The number of nitrogens with one attached hydrogen (secondary N) is 1. The van der Waals surface area contributed by atoms with Crippen molar-refractivity contribution in [3.8, 4) is 11.3 Å². The third-order valence-electron chi connectivity index (χ3n) is 5.70. The molecular weight excluding hydrogens is 442 g/mol. The van der Waals surface area contributed by atoms with E-state index in [1.165, 1.54) is 0 Å². The lowest BCUT2D eigenvalue weighted by Crippen LogP contribution is -2.15. The van der Waals surface area contributed by atoms with Crippen LogP contribution in [0.3, 0.4) is 0 Å². The average Bonchev–Trinajstić information content (AvgIpc) is 3.40. The third kappa shape index (κ3) is 4.78. The summed E-state index contributed by atoms with van der Waals surface area (Å²) in [5, 5.41) is 3.28. The second-order valence-electron chi connectivity index (χ2n) is 8.16. The van der Waals surface area contributed by atoms with E-state index in [1.807, 2.05) is 60.7 Å². The van der Waals surface area contributed by atoms with Gasteiger partial charge in [-0.2, -0.15) is 0 Å². The number of para-hydroxylation sites is 1.